The molecule has 1 aliphatic heterocycles. The lowest BCUT2D eigenvalue weighted by Gasteiger charge is -2.28. The fraction of sp³-hybridized carbons (Fsp3) is 0.750. The number of nitrogens with one attached hydrogen (secondary N) is 2. The Balaban J connectivity index is 2.01. The van der Waals surface area contributed by atoms with Crippen LogP contribution in [-0.4, -0.2) is 22.9 Å². The van der Waals surface area contributed by atoms with Crippen LogP contribution in [0.15, 0.2) is 6.20 Å². The summed E-state index contributed by atoms with van der Waals surface area (Å²) in [4.78, 5) is 0. The lowest BCUT2D eigenvalue weighted by atomic mass is 10.1. The molecule has 1 saturated heterocycles. The number of aromatic amines is 1. The number of rotatable bonds is 1. The van der Waals surface area contributed by atoms with Gasteiger partial charge in [0.2, 0.25) is 0 Å². The summed E-state index contributed by atoms with van der Waals surface area (Å²) in [6.45, 7) is 4.48. The molecule has 0 atom stereocenters. The number of H-pyrrole nitrogens is 1. The molecule has 1 aliphatic rings. The zero-order valence-electron chi connectivity index (χ0n) is 6.93. The number of hydrogen-bond acceptors (Lipinski definition) is 1. The van der Waals surface area contributed by atoms with Crippen LogP contribution in [0.5, 0.6) is 0 Å². The predicted octanol–water partition coefficient (Wildman–Crippen LogP) is 1.05. The van der Waals surface area contributed by atoms with Crippen LogP contribution in [0, 0.1) is 6.92 Å². The molecular weight excluding hydrogens is 138 g/mol. The summed E-state index contributed by atoms with van der Waals surface area (Å²) in [5.74, 6) is 0. The third kappa shape index (κ3) is 1.20. The Bertz CT molecular complexity index is 218. The van der Waals surface area contributed by atoms with Gasteiger partial charge in [0.1, 0.15) is 0 Å². The van der Waals surface area contributed by atoms with Crippen molar-refractivity contribution in [2.45, 2.75) is 25.8 Å². The largest absolute Gasteiger partial charge is 0.317 e. The van der Waals surface area contributed by atoms with E-state index in [-0.39, 0.29) is 0 Å². The third-order valence-electron chi connectivity index (χ3n) is 2.47. The highest BCUT2D eigenvalue weighted by molar-refractivity contribution is 4.96. The fourth-order valence-electron chi connectivity index (χ4n) is 1.73. The molecule has 1 fully saturated rings. The van der Waals surface area contributed by atoms with Gasteiger partial charge in [-0.15, -0.1) is 0 Å². The average molecular weight is 153 g/mol. The topological polar surface area (TPSA) is 32.8 Å². The van der Waals surface area contributed by atoms with E-state index < -0.39 is 0 Å². The van der Waals surface area contributed by atoms with Crippen molar-refractivity contribution >= 4 is 0 Å². The average Bonchev–Trinajstić information content (AvgIpc) is 2.04. The molecule has 0 bridgehead atoms. The van der Waals surface area contributed by atoms with Gasteiger partial charge in [-0.1, -0.05) is 0 Å². The molecular formula is C8H15N3. The summed E-state index contributed by atoms with van der Waals surface area (Å²) in [7, 11) is 0. The lowest BCUT2D eigenvalue weighted by molar-refractivity contribution is 0.320. The molecule has 0 unspecified atom stereocenters. The Morgan fingerprint density at radius 3 is 2.64 bits per heavy atom. The molecule has 3 heteroatoms. The first-order valence-electron chi connectivity index (χ1n) is 4.31. The summed E-state index contributed by atoms with van der Waals surface area (Å²) in [6, 6.07) is 0.723. The molecule has 62 valence electrons. The smallest absolute Gasteiger partial charge is 0.0525 e. The van der Waals surface area contributed by atoms with Crippen LogP contribution in [0.3, 0.4) is 0 Å². The minimum absolute atomic E-state index is 0.723. The van der Waals surface area contributed by atoms with Gasteiger partial charge in [-0.2, -0.15) is 0 Å². The van der Waals surface area contributed by atoms with Gasteiger partial charge >= 0.3 is 0 Å². The van der Waals surface area contributed by atoms with Gasteiger partial charge in [-0.25, -0.2) is 0 Å². The zero-order valence-corrected chi connectivity index (χ0v) is 6.93. The summed E-state index contributed by atoms with van der Waals surface area (Å²) in [5, 5.41) is 6.57. The van der Waals surface area contributed by atoms with Gasteiger partial charge < -0.3 is 10.4 Å². The maximum atomic E-state index is 3.36. The minimum Gasteiger partial charge on any atom is -0.317 e. The van der Waals surface area contributed by atoms with Crippen molar-refractivity contribution in [1.29, 1.82) is 0 Å². The Morgan fingerprint density at radius 2 is 2.18 bits per heavy atom. The Kier molecular flexibility index (Phi) is 1.74. The Morgan fingerprint density at radius 1 is 1.45 bits per heavy atom. The Hall–Kier alpha value is -0.700. The van der Waals surface area contributed by atoms with Crippen LogP contribution < -0.4 is 5.32 Å². The van der Waals surface area contributed by atoms with E-state index in [1.54, 1.807) is 0 Å². The van der Waals surface area contributed by atoms with E-state index >= 15 is 0 Å². The highest BCUT2D eigenvalue weighted by Crippen LogP contribution is 2.19. The first kappa shape index (κ1) is 6.98. The molecule has 0 aliphatic carbocycles. The minimum atomic E-state index is 0.723. The van der Waals surface area contributed by atoms with E-state index in [9.17, 15) is 0 Å². The van der Waals surface area contributed by atoms with Crippen molar-refractivity contribution < 1.29 is 0 Å². The highest BCUT2D eigenvalue weighted by Gasteiger charge is 2.16. The van der Waals surface area contributed by atoms with Crippen molar-refractivity contribution in [3.05, 3.63) is 11.9 Å². The van der Waals surface area contributed by atoms with E-state index in [1.165, 1.54) is 18.5 Å². The lowest BCUT2D eigenvalue weighted by Crippen LogP contribution is -2.32. The van der Waals surface area contributed by atoms with Gasteiger partial charge in [0.05, 0.1) is 6.04 Å². The van der Waals surface area contributed by atoms with E-state index in [1.807, 2.05) is 0 Å². The van der Waals surface area contributed by atoms with Gasteiger partial charge in [-0.05, 0) is 32.9 Å². The van der Waals surface area contributed by atoms with Crippen molar-refractivity contribution in [1.82, 2.24) is 15.1 Å². The van der Waals surface area contributed by atoms with Crippen LogP contribution in [-0.2, 0) is 0 Å². The molecule has 0 saturated carbocycles. The standard InChI is InChI=1S/C8H15N3/c1-7-6-10-11(7)8-2-4-9-5-3-8/h6,8-10H,2-5H2,1H3. The molecule has 2 N–H and O–H groups in total. The van der Waals surface area contributed by atoms with Crippen molar-refractivity contribution in [3.8, 4) is 0 Å². The third-order valence-corrected chi connectivity index (χ3v) is 2.47. The first-order chi connectivity index (χ1) is 5.38. The molecule has 2 rings (SSSR count). The van der Waals surface area contributed by atoms with Crippen molar-refractivity contribution in [2.24, 2.45) is 0 Å². The van der Waals surface area contributed by atoms with Crippen LogP contribution in [0.1, 0.15) is 24.6 Å². The van der Waals surface area contributed by atoms with E-state index in [0.29, 0.717) is 0 Å². The van der Waals surface area contributed by atoms with Crippen LogP contribution in [0.2, 0.25) is 0 Å². The maximum Gasteiger partial charge on any atom is 0.0525 e. The summed E-state index contributed by atoms with van der Waals surface area (Å²) < 4.78 is 2.28. The molecule has 1 aromatic rings. The summed E-state index contributed by atoms with van der Waals surface area (Å²) in [5.41, 5.74) is 1.37. The van der Waals surface area contributed by atoms with Crippen LogP contribution in [0.25, 0.3) is 0 Å². The molecule has 2 heterocycles. The second kappa shape index (κ2) is 2.74. The second-order valence-corrected chi connectivity index (χ2v) is 3.27. The zero-order chi connectivity index (χ0) is 7.68. The summed E-state index contributed by atoms with van der Waals surface area (Å²) in [6.07, 6.45) is 4.58. The first-order valence-corrected chi connectivity index (χ1v) is 4.31. The number of aryl methyl sites for hydroxylation is 1. The fourth-order valence-corrected chi connectivity index (χ4v) is 1.73. The van der Waals surface area contributed by atoms with E-state index in [4.69, 9.17) is 0 Å². The number of aromatic nitrogens is 2. The molecule has 0 spiro atoms. The SMILES string of the molecule is Cc1c[nH]n1C1CCNCC1. The molecule has 0 aromatic carbocycles. The van der Waals surface area contributed by atoms with Gasteiger partial charge in [-0.3, -0.25) is 4.68 Å². The normalized spacial score (nSPS) is 20.8. The second-order valence-electron chi connectivity index (χ2n) is 3.27. The Labute approximate surface area is 66.8 Å². The maximum absolute atomic E-state index is 3.36. The molecule has 0 radical (unpaired) electrons. The molecule has 11 heavy (non-hydrogen) atoms. The molecule has 0 amide bonds. The van der Waals surface area contributed by atoms with E-state index in [2.05, 4.69) is 28.2 Å². The quantitative estimate of drug-likeness (QED) is 0.621. The number of nitrogens with zero attached hydrogens (tertiary/aromatic N) is 1. The monoisotopic (exact) mass is 153 g/mol. The predicted molar refractivity (Wildman–Crippen MR) is 44.7 cm³/mol. The van der Waals surface area contributed by atoms with Crippen LogP contribution >= 0.6 is 0 Å². The van der Waals surface area contributed by atoms with Crippen molar-refractivity contribution in [2.75, 3.05) is 13.1 Å². The van der Waals surface area contributed by atoms with Gasteiger partial charge in [0, 0.05) is 11.9 Å². The van der Waals surface area contributed by atoms with Crippen molar-refractivity contribution in [3.63, 3.8) is 0 Å². The van der Waals surface area contributed by atoms with Crippen LogP contribution in [0.4, 0.5) is 0 Å². The van der Waals surface area contributed by atoms with E-state index in [0.717, 1.165) is 19.1 Å². The number of hydrogen-bond donors (Lipinski definition) is 2. The van der Waals surface area contributed by atoms with Gasteiger partial charge in [0.15, 0.2) is 0 Å². The summed E-state index contributed by atoms with van der Waals surface area (Å²) >= 11 is 0. The highest BCUT2D eigenvalue weighted by atomic mass is 15.3. The molecule has 1 aromatic heterocycles. The molecule has 3 nitrogen and oxygen atoms in total. The van der Waals surface area contributed by atoms with Gasteiger partial charge in [0.25, 0.3) is 0 Å². The number of piperidine rings is 1.